The van der Waals surface area contributed by atoms with Gasteiger partial charge in [-0.15, -0.1) is 11.3 Å². The molecular weight excluding hydrogens is 244 g/mol. The summed E-state index contributed by atoms with van der Waals surface area (Å²) in [4.78, 5) is 21.1. The number of aryl methyl sites for hydroxylation is 1. The minimum absolute atomic E-state index is 0.0460. The Labute approximate surface area is 108 Å². The highest BCUT2D eigenvalue weighted by Crippen LogP contribution is 2.30. The molecule has 0 radical (unpaired) electrons. The van der Waals surface area contributed by atoms with Crippen molar-refractivity contribution in [1.82, 2.24) is 9.97 Å². The van der Waals surface area contributed by atoms with Gasteiger partial charge in [0.2, 0.25) is 0 Å². The Morgan fingerprint density at radius 2 is 2.06 bits per heavy atom. The zero-order valence-electron chi connectivity index (χ0n) is 9.93. The van der Waals surface area contributed by atoms with Crippen LogP contribution in [-0.2, 0) is 6.42 Å². The molecule has 0 saturated heterocycles. The molecule has 0 saturated carbocycles. The topological polar surface area (TPSA) is 45.8 Å². The normalized spacial score (nSPS) is 10.9. The summed E-state index contributed by atoms with van der Waals surface area (Å²) in [6.07, 6.45) is 0.740. The van der Waals surface area contributed by atoms with Gasteiger partial charge in [0.15, 0.2) is 0 Å². The quantitative estimate of drug-likeness (QED) is 0.765. The van der Waals surface area contributed by atoms with Crippen molar-refractivity contribution in [3.8, 4) is 10.4 Å². The Hall–Kier alpha value is -1.94. The first-order valence-electron chi connectivity index (χ1n) is 5.86. The van der Waals surface area contributed by atoms with E-state index in [1.54, 1.807) is 11.3 Å². The second-order valence-corrected chi connectivity index (χ2v) is 5.09. The van der Waals surface area contributed by atoms with Crippen LogP contribution in [0.3, 0.4) is 0 Å². The molecule has 3 rings (SSSR count). The fourth-order valence-electron chi connectivity index (χ4n) is 1.89. The van der Waals surface area contributed by atoms with Gasteiger partial charge in [0, 0.05) is 11.3 Å². The summed E-state index contributed by atoms with van der Waals surface area (Å²) < 4.78 is 0. The minimum Gasteiger partial charge on any atom is -0.310 e. The van der Waals surface area contributed by atoms with Crippen LogP contribution >= 0.6 is 11.3 Å². The van der Waals surface area contributed by atoms with E-state index in [2.05, 4.69) is 9.97 Å². The van der Waals surface area contributed by atoms with Crippen LogP contribution in [0.15, 0.2) is 41.2 Å². The molecule has 0 aliphatic carbocycles. The molecular formula is C14H12N2OS. The van der Waals surface area contributed by atoms with Gasteiger partial charge >= 0.3 is 0 Å². The predicted molar refractivity (Wildman–Crippen MR) is 75.1 cm³/mol. The molecule has 0 spiro atoms. The van der Waals surface area contributed by atoms with E-state index in [1.165, 1.54) is 0 Å². The lowest BCUT2D eigenvalue weighted by molar-refractivity contribution is 0.948. The number of nitrogens with zero attached hydrogens (tertiary/aromatic N) is 1. The van der Waals surface area contributed by atoms with Crippen molar-refractivity contribution in [3.63, 3.8) is 0 Å². The third-order valence-corrected chi connectivity index (χ3v) is 3.92. The highest BCUT2D eigenvalue weighted by atomic mass is 32.1. The standard InChI is InChI=1S/C14H12N2OS/c1-2-12-15-13(17)10-8-11(18-14(10)16-12)9-6-4-3-5-7-9/h3-8H,2H2,1H3,(H,15,16,17). The molecule has 1 N–H and O–H groups in total. The van der Waals surface area contributed by atoms with Crippen molar-refractivity contribution in [2.75, 3.05) is 0 Å². The van der Waals surface area contributed by atoms with Gasteiger partial charge in [-0.2, -0.15) is 0 Å². The molecule has 0 amide bonds. The third kappa shape index (κ3) is 1.84. The Kier molecular flexibility index (Phi) is 2.72. The highest BCUT2D eigenvalue weighted by molar-refractivity contribution is 7.21. The van der Waals surface area contributed by atoms with Gasteiger partial charge in [0.25, 0.3) is 5.56 Å². The molecule has 3 aromatic rings. The molecule has 0 aliphatic heterocycles. The Morgan fingerprint density at radius 3 is 2.78 bits per heavy atom. The molecule has 3 nitrogen and oxygen atoms in total. The number of thiophene rings is 1. The number of H-pyrrole nitrogens is 1. The van der Waals surface area contributed by atoms with Gasteiger partial charge in [-0.3, -0.25) is 4.79 Å². The van der Waals surface area contributed by atoms with E-state index >= 15 is 0 Å². The summed E-state index contributed by atoms with van der Waals surface area (Å²) in [7, 11) is 0. The fraction of sp³-hybridized carbons (Fsp3) is 0.143. The zero-order valence-corrected chi connectivity index (χ0v) is 10.8. The van der Waals surface area contributed by atoms with E-state index < -0.39 is 0 Å². The second kappa shape index (κ2) is 4.38. The summed E-state index contributed by atoms with van der Waals surface area (Å²) in [6, 6.07) is 12.0. The number of hydrogen-bond acceptors (Lipinski definition) is 3. The molecule has 0 unspecified atom stereocenters. The molecule has 2 heterocycles. The molecule has 0 aliphatic rings. The largest absolute Gasteiger partial charge is 0.310 e. The minimum atomic E-state index is -0.0460. The zero-order chi connectivity index (χ0) is 12.5. The van der Waals surface area contributed by atoms with Crippen LogP contribution < -0.4 is 5.56 Å². The number of fused-ring (bicyclic) bond motifs is 1. The molecule has 0 bridgehead atoms. The number of aromatic amines is 1. The average Bonchev–Trinajstić information content (AvgIpc) is 2.84. The third-order valence-electron chi connectivity index (χ3n) is 2.84. The first-order valence-corrected chi connectivity index (χ1v) is 6.67. The van der Waals surface area contributed by atoms with Gasteiger partial charge in [-0.1, -0.05) is 37.3 Å². The van der Waals surface area contributed by atoms with E-state index in [4.69, 9.17) is 0 Å². The summed E-state index contributed by atoms with van der Waals surface area (Å²) in [6.45, 7) is 1.98. The summed E-state index contributed by atoms with van der Waals surface area (Å²) >= 11 is 1.56. The van der Waals surface area contributed by atoms with Crippen LogP contribution in [-0.4, -0.2) is 9.97 Å². The lowest BCUT2D eigenvalue weighted by Crippen LogP contribution is -2.09. The van der Waals surface area contributed by atoms with E-state index in [1.807, 2.05) is 43.3 Å². The van der Waals surface area contributed by atoms with E-state index in [-0.39, 0.29) is 5.56 Å². The van der Waals surface area contributed by atoms with Gasteiger partial charge in [-0.05, 0) is 11.6 Å². The second-order valence-electron chi connectivity index (χ2n) is 4.06. The van der Waals surface area contributed by atoms with Crippen LogP contribution in [0.1, 0.15) is 12.7 Å². The van der Waals surface area contributed by atoms with Crippen LogP contribution in [0, 0.1) is 0 Å². The van der Waals surface area contributed by atoms with Crippen LogP contribution in [0.25, 0.3) is 20.7 Å². The molecule has 4 heteroatoms. The fourth-order valence-corrected chi connectivity index (χ4v) is 2.94. The van der Waals surface area contributed by atoms with E-state index in [0.29, 0.717) is 5.39 Å². The Bertz CT molecular complexity index is 743. The monoisotopic (exact) mass is 256 g/mol. The SMILES string of the molecule is CCc1nc2sc(-c3ccccc3)cc2c(=O)[nH]1. The maximum atomic E-state index is 11.9. The maximum absolute atomic E-state index is 11.9. The van der Waals surface area contributed by atoms with Crippen molar-refractivity contribution in [1.29, 1.82) is 0 Å². The molecule has 0 atom stereocenters. The number of hydrogen-bond donors (Lipinski definition) is 1. The maximum Gasteiger partial charge on any atom is 0.259 e. The number of aromatic nitrogens is 2. The summed E-state index contributed by atoms with van der Waals surface area (Å²) in [5.74, 6) is 0.744. The molecule has 18 heavy (non-hydrogen) atoms. The van der Waals surface area contributed by atoms with Gasteiger partial charge in [-0.25, -0.2) is 4.98 Å². The van der Waals surface area contributed by atoms with Crippen LogP contribution in [0.2, 0.25) is 0 Å². The summed E-state index contributed by atoms with van der Waals surface area (Å²) in [5.41, 5.74) is 1.08. The first-order chi connectivity index (χ1) is 8.78. The van der Waals surface area contributed by atoms with Crippen molar-refractivity contribution < 1.29 is 0 Å². The van der Waals surface area contributed by atoms with Gasteiger partial charge in [0.05, 0.1) is 5.39 Å². The summed E-state index contributed by atoms with van der Waals surface area (Å²) in [5, 5.41) is 0.677. The predicted octanol–water partition coefficient (Wildman–Crippen LogP) is 3.21. The molecule has 90 valence electrons. The lowest BCUT2D eigenvalue weighted by atomic mass is 10.2. The van der Waals surface area contributed by atoms with Crippen molar-refractivity contribution in [2.24, 2.45) is 0 Å². The smallest absolute Gasteiger partial charge is 0.259 e. The molecule has 0 fully saturated rings. The lowest BCUT2D eigenvalue weighted by Gasteiger charge is -1.94. The van der Waals surface area contributed by atoms with Crippen molar-refractivity contribution in [2.45, 2.75) is 13.3 Å². The first kappa shape index (κ1) is 11.2. The Balaban J connectivity index is 2.23. The van der Waals surface area contributed by atoms with Crippen LogP contribution in [0.5, 0.6) is 0 Å². The van der Waals surface area contributed by atoms with Gasteiger partial charge in [0.1, 0.15) is 10.7 Å². The Morgan fingerprint density at radius 1 is 1.28 bits per heavy atom. The van der Waals surface area contributed by atoms with Crippen LogP contribution in [0.4, 0.5) is 0 Å². The number of nitrogens with one attached hydrogen (secondary N) is 1. The van der Waals surface area contributed by atoms with Crippen molar-refractivity contribution >= 4 is 21.6 Å². The van der Waals surface area contributed by atoms with Gasteiger partial charge < -0.3 is 4.98 Å². The highest BCUT2D eigenvalue weighted by Gasteiger charge is 2.09. The molecule has 1 aromatic carbocycles. The van der Waals surface area contributed by atoms with Crippen molar-refractivity contribution in [3.05, 3.63) is 52.6 Å². The molecule has 2 aromatic heterocycles. The number of rotatable bonds is 2. The van der Waals surface area contributed by atoms with E-state index in [0.717, 1.165) is 27.5 Å². The average molecular weight is 256 g/mol. The number of benzene rings is 1. The van der Waals surface area contributed by atoms with E-state index in [9.17, 15) is 4.79 Å².